The van der Waals surface area contributed by atoms with Crippen LogP contribution in [0.3, 0.4) is 0 Å². The van der Waals surface area contributed by atoms with Gasteiger partial charge < -0.3 is 10.2 Å². The number of nitrogens with zero attached hydrogens (tertiary/aromatic N) is 1. The third-order valence-corrected chi connectivity index (χ3v) is 6.98. The Hall–Kier alpha value is -1.56. The lowest BCUT2D eigenvalue weighted by Crippen LogP contribution is -2.52. The molecule has 2 amide bonds. The van der Waals surface area contributed by atoms with E-state index in [1.807, 2.05) is 11.0 Å². The van der Waals surface area contributed by atoms with Crippen LogP contribution in [0.15, 0.2) is 30.3 Å². The average Bonchev–Trinajstić information content (AvgIpc) is 2.63. The summed E-state index contributed by atoms with van der Waals surface area (Å²) >= 11 is 0. The first-order valence-electron chi connectivity index (χ1n) is 10.2. The molecule has 0 bridgehead atoms. The number of likely N-dealkylation sites (tertiary alicyclic amines) is 1. The Morgan fingerprint density at radius 1 is 1.11 bits per heavy atom. The maximum atomic E-state index is 12.8. The van der Waals surface area contributed by atoms with E-state index in [-0.39, 0.29) is 23.7 Å². The first kappa shape index (κ1) is 20.2. The molecule has 1 aliphatic carbocycles. The van der Waals surface area contributed by atoms with E-state index >= 15 is 0 Å². The van der Waals surface area contributed by atoms with Gasteiger partial charge in [0.25, 0.3) is 0 Å². The topological polar surface area (TPSA) is 66.5 Å². The van der Waals surface area contributed by atoms with Gasteiger partial charge in [0.2, 0.25) is 0 Å². The Morgan fingerprint density at radius 3 is 2.59 bits per heavy atom. The van der Waals surface area contributed by atoms with Crippen molar-refractivity contribution in [3.05, 3.63) is 35.9 Å². The van der Waals surface area contributed by atoms with Crippen LogP contribution >= 0.6 is 0 Å². The number of hydrogen-bond donors (Lipinski definition) is 1. The van der Waals surface area contributed by atoms with Crippen LogP contribution in [0, 0.1) is 11.8 Å². The first-order chi connectivity index (χ1) is 12.9. The quantitative estimate of drug-likeness (QED) is 0.836. The van der Waals surface area contributed by atoms with Gasteiger partial charge in [-0.15, -0.1) is 0 Å². The van der Waals surface area contributed by atoms with Crippen LogP contribution in [0.25, 0.3) is 0 Å². The van der Waals surface area contributed by atoms with Crippen molar-refractivity contribution in [2.45, 2.75) is 51.0 Å². The average molecular weight is 393 g/mol. The number of rotatable bonds is 5. The smallest absolute Gasteiger partial charge is 0.317 e. The van der Waals surface area contributed by atoms with E-state index in [0.29, 0.717) is 12.5 Å². The molecule has 1 saturated carbocycles. The number of benzene rings is 1. The van der Waals surface area contributed by atoms with Crippen molar-refractivity contribution in [1.82, 2.24) is 10.2 Å². The number of nitrogens with one attached hydrogen (secondary N) is 1. The van der Waals surface area contributed by atoms with Gasteiger partial charge in [-0.3, -0.25) is 0 Å². The number of hydrogen-bond acceptors (Lipinski definition) is 3. The Bertz CT molecular complexity index is 720. The molecular formula is C21H32N2O3S. The molecule has 1 saturated heterocycles. The van der Waals surface area contributed by atoms with Crippen LogP contribution in [0.2, 0.25) is 0 Å². The van der Waals surface area contributed by atoms with E-state index in [1.165, 1.54) is 18.2 Å². The fourth-order valence-corrected chi connectivity index (χ4v) is 5.75. The lowest BCUT2D eigenvalue weighted by molar-refractivity contribution is 0.157. The number of carbonyl (C=O) groups is 1. The van der Waals surface area contributed by atoms with Gasteiger partial charge in [0.15, 0.2) is 0 Å². The van der Waals surface area contributed by atoms with Crippen LogP contribution < -0.4 is 5.32 Å². The standard InChI is InChI=1S/C21H32N2O3S/c1-27(25,26)16-18-10-7-13-23(15-18)21(24)22-20-12-6-5-11-19(20)14-17-8-3-2-4-9-17/h2-4,8-9,18-20H,5-7,10-16H2,1H3,(H,22,24). The van der Waals surface area contributed by atoms with E-state index in [4.69, 9.17) is 0 Å². The van der Waals surface area contributed by atoms with Crippen LogP contribution in [0.4, 0.5) is 4.79 Å². The molecule has 0 spiro atoms. The third kappa shape index (κ3) is 6.23. The molecule has 2 fully saturated rings. The van der Waals surface area contributed by atoms with Crippen molar-refractivity contribution in [1.29, 1.82) is 0 Å². The molecule has 1 aromatic carbocycles. The number of amides is 2. The van der Waals surface area contributed by atoms with Crippen molar-refractivity contribution >= 4 is 15.9 Å². The molecule has 0 radical (unpaired) electrons. The molecule has 3 unspecified atom stereocenters. The summed E-state index contributed by atoms with van der Waals surface area (Å²) in [4.78, 5) is 14.7. The number of carbonyl (C=O) groups excluding carboxylic acids is 1. The maximum Gasteiger partial charge on any atom is 0.317 e. The maximum absolute atomic E-state index is 12.8. The predicted molar refractivity (Wildman–Crippen MR) is 108 cm³/mol. The van der Waals surface area contributed by atoms with Crippen molar-refractivity contribution < 1.29 is 13.2 Å². The first-order valence-corrected chi connectivity index (χ1v) is 12.2. The van der Waals surface area contributed by atoms with E-state index in [9.17, 15) is 13.2 Å². The fourth-order valence-electron chi connectivity index (χ4n) is 4.62. The molecule has 3 atom stereocenters. The van der Waals surface area contributed by atoms with E-state index in [2.05, 4.69) is 29.6 Å². The number of piperidine rings is 1. The van der Waals surface area contributed by atoms with E-state index < -0.39 is 9.84 Å². The molecule has 1 aliphatic heterocycles. The summed E-state index contributed by atoms with van der Waals surface area (Å²) < 4.78 is 23.2. The highest BCUT2D eigenvalue weighted by atomic mass is 32.2. The summed E-state index contributed by atoms with van der Waals surface area (Å²) in [5.74, 6) is 0.712. The largest absolute Gasteiger partial charge is 0.335 e. The van der Waals surface area contributed by atoms with Crippen LogP contribution in [0.1, 0.15) is 44.1 Å². The zero-order valence-corrected chi connectivity index (χ0v) is 17.1. The predicted octanol–water partition coefficient (Wildman–Crippen LogP) is 3.25. The zero-order chi connectivity index (χ0) is 19.3. The molecule has 3 rings (SSSR count). The summed E-state index contributed by atoms with van der Waals surface area (Å²) in [7, 11) is -3.00. The third-order valence-electron chi connectivity index (χ3n) is 5.90. The van der Waals surface area contributed by atoms with Crippen molar-refractivity contribution in [3.8, 4) is 0 Å². The Balaban J connectivity index is 1.57. The zero-order valence-electron chi connectivity index (χ0n) is 16.3. The minimum atomic E-state index is -3.00. The van der Waals surface area contributed by atoms with Gasteiger partial charge in [0.1, 0.15) is 9.84 Å². The summed E-state index contributed by atoms with van der Waals surface area (Å²) in [6.45, 7) is 1.27. The molecule has 1 aromatic rings. The Labute approximate surface area is 163 Å². The van der Waals surface area contributed by atoms with Crippen molar-refractivity contribution in [2.24, 2.45) is 11.8 Å². The van der Waals surface area contributed by atoms with Crippen LogP contribution in [-0.2, 0) is 16.3 Å². The molecule has 6 heteroatoms. The van der Waals surface area contributed by atoms with Crippen molar-refractivity contribution in [3.63, 3.8) is 0 Å². The van der Waals surface area contributed by atoms with Crippen LogP contribution in [0.5, 0.6) is 0 Å². The van der Waals surface area contributed by atoms with Gasteiger partial charge in [-0.05, 0) is 49.5 Å². The van der Waals surface area contributed by atoms with Crippen molar-refractivity contribution in [2.75, 3.05) is 25.1 Å². The lowest BCUT2D eigenvalue weighted by atomic mass is 9.80. The van der Waals surface area contributed by atoms with Gasteiger partial charge in [-0.2, -0.15) is 0 Å². The van der Waals surface area contributed by atoms with Crippen LogP contribution in [-0.4, -0.2) is 50.5 Å². The molecule has 5 nitrogen and oxygen atoms in total. The van der Waals surface area contributed by atoms with Gasteiger partial charge in [-0.1, -0.05) is 43.2 Å². The van der Waals surface area contributed by atoms with E-state index in [1.54, 1.807) is 0 Å². The molecule has 1 N–H and O–H groups in total. The van der Waals surface area contributed by atoms with E-state index in [0.717, 1.165) is 45.1 Å². The Kier molecular flexibility index (Phi) is 6.79. The molecule has 27 heavy (non-hydrogen) atoms. The summed E-state index contributed by atoms with van der Waals surface area (Å²) in [5.41, 5.74) is 1.33. The number of sulfone groups is 1. The highest BCUT2D eigenvalue weighted by molar-refractivity contribution is 7.90. The second kappa shape index (κ2) is 9.09. The summed E-state index contributed by atoms with van der Waals surface area (Å²) in [6, 6.07) is 10.7. The lowest BCUT2D eigenvalue weighted by Gasteiger charge is -2.37. The number of urea groups is 1. The van der Waals surface area contributed by atoms with Gasteiger partial charge >= 0.3 is 6.03 Å². The summed E-state index contributed by atoms with van der Waals surface area (Å²) in [6.07, 6.45) is 8.62. The fraction of sp³-hybridized carbons (Fsp3) is 0.667. The van der Waals surface area contributed by atoms with Gasteiger partial charge in [-0.25, -0.2) is 13.2 Å². The Morgan fingerprint density at radius 2 is 1.85 bits per heavy atom. The normalized spacial score (nSPS) is 26.6. The monoisotopic (exact) mass is 392 g/mol. The minimum absolute atomic E-state index is 0.0156. The molecule has 150 valence electrons. The highest BCUT2D eigenvalue weighted by Crippen LogP contribution is 2.28. The molecular weight excluding hydrogens is 360 g/mol. The summed E-state index contributed by atoms with van der Waals surface area (Å²) in [5, 5.41) is 3.28. The van der Waals surface area contributed by atoms with Gasteiger partial charge in [0, 0.05) is 25.4 Å². The molecule has 2 aliphatic rings. The second-order valence-electron chi connectivity index (χ2n) is 8.34. The SMILES string of the molecule is CS(=O)(=O)CC1CCCN(C(=O)NC2CCCCC2Cc2ccccc2)C1. The minimum Gasteiger partial charge on any atom is -0.335 e. The van der Waals surface area contributed by atoms with Gasteiger partial charge in [0.05, 0.1) is 5.75 Å². The molecule has 0 aromatic heterocycles. The second-order valence-corrected chi connectivity index (χ2v) is 10.5. The highest BCUT2D eigenvalue weighted by Gasteiger charge is 2.30. The molecule has 1 heterocycles.